The predicted octanol–water partition coefficient (Wildman–Crippen LogP) is 5.41. The molecule has 1 aromatic heterocycles. The molecule has 1 amide bonds. The molecule has 0 aliphatic rings. The molecule has 0 radical (unpaired) electrons. The summed E-state index contributed by atoms with van der Waals surface area (Å²) in [6.07, 6.45) is 0. The average Bonchev–Trinajstić information content (AvgIpc) is 3.16. The van der Waals surface area contributed by atoms with Crippen molar-refractivity contribution < 1.29 is 19.1 Å². The van der Waals surface area contributed by atoms with E-state index >= 15 is 0 Å². The van der Waals surface area contributed by atoms with Crippen LogP contribution in [0.5, 0.6) is 5.75 Å². The third-order valence-electron chi connectivity index (χ3n) is 4.42. The molecule has 0 saturated carbocycles. The molecule has 0 aliphatic heterocycles. The average molecular weight is 414 g/mol. The Morgan fingerprint density at radius 3 is 2.45 bits per heavy atom. The molecule has 0 saturated heterocycles. The topological polar surface area (TPSA) is 71.7 Å². The fourth-order valence-electron chi connectivity index (χ4n) is 2.80. The highest BCUT2D eigenvalue weighted by atomic mass is 35.5. The summed E-state index contributed by atoms with van der Waals surface area (Å²) in [6, 6.07) is 16.2. The summed E-state index contributed by atoms with van der Waals surface area (Å²) in [5.41, 5.74) is 2.46. The molecule has 3 rings (SSSR count). The van der Waals surface area contributed by atoms with Gasteiger partial charge < -0.3 is 19.6 Å². The van der Waals surface area contributed by atoms with Crippen molar-refractivity contribution in [1.29, 1.82) is 0 Å². The van der Waals surface area contributed by atoms with Gasteiger partial charge in [0.1, 0.15) is 23.9 Å². The second-order valence-corrected chi connectivity index (χ2v) is 8.14. The lowest BCUT2D eigenvalue weighted by Gasteiger charge is -2.19. The van der Waals surface area contributed by atoms with Crippen LogP contribution in [0.4, 0.5) is 5.69 Å². The molecule has 0 unspecified atom stereocenters. The molecule has 2 aromatic carbocycles. The van der Waals surface area contributed by atoms with Gasteiger partial charge in [0.2, 0.25) is 0 Å². The van der Waals surface area contributed by atoms with Gasteiger partial charge in [-0.15, -0.1) is 0 Å². The van der Waals surface area contributed by atoms with Gasteiger partial charge in [0.15, 0.2) is 6.61 Å². The van der Waals surface area contributed by atoms with E-state index in [0.29, 0.717) is 33.5 Å². The Morgan fingerprint density at radius 2 is 1.83 bits per heavy atom. The minimum atomic E-state index is -0.284. The van der Waals surface area contributed by atoms with Crippen LogP contribution in [0.1, 0.15) is 32.1 Å². The van der Waals surface area contributed by atoms with Crippen LogP contribution in [0.25, 0.3) is 11.3 Å². The van der Waals surface area contributed by atoms with E-state index in [0.717, 1.165) is 0 Å². The fourth-order valence-corrected chi connectivity index (χ4v) is 3.01. The number of hydrogen-bond acceptors (Lipinski definition) is 4. The fraction of sp³-hybridized carbons (Fsp3) is 0.261. The summed E-state index contributed by atoms with van der Waals surface area (Å²) in [4.78, 5) is 12.3. The zero-order valence-electron chi connectivity index (χ0n) is 16.7. The summed E-state index contributed by atoms with van der Waals surface area (Å²) in [5.74, 6) is 1.31. The van der Waals surface area contributed by atoms with Crippen molar-refractivity contribution in [2.45, 2.75) is 32.8 Å². The van der Waals surface area contributed by atoms with Crippen molar-refractivity contribution in [2.75, 3.05) is 11.9 Å². The molecule has 0 atom stereocenters. The number of ether oxygens (including phenoxy) is 1. The second kappa shape index (κ2) is 8.72. The summed E-state index contributed by atoms with van der Waals surface area (Å²) in [7, 11) is 0. The second-order valence-electron chi connectivity index (χ2n) is 7.73. The molecule has 0 fully saturated rings. The Labute approximate surface area is 175 Å². The highest BCUT2D eigenvalue weighted by Crippen LogP contribution is 2.32. The highest BCUT2D eigenvalue weighted by Gasteiger charge is 2.14. The van der Waals surface area contributed by atoms with Crippen LogP contribution in [0.3, 0.4) is 0 Å². The lowest BCUT2D eigenvalue weighted by Crippen LogP contribution is -2.20. The largest absolute Gasteiger partial charge is 0.484 e. The summed E-state index contributed by atoms with van der Waals surface area (Å²) >= 11 is 6.25. The number of anilines is 1. The molecule has 6 heteroatoms. The number of aliphatic hydroxyl groups excluding tert-OH is 1. The van der Waals surface area contributed by atoms with Crippen LogP contribution in [-0.2, 0) is 16.8 Å². The number of benzene rings is 2. The van der Waals surface area contributed by atoms with Gasteiger partial charge in [-0.05, 0) is 53.4 Å². The Hall–Kier alpha value is -2.76. The van der Waals surface area contributed by atoms with Crippen molar-refractivity contribution in [3.8, 4) is 17.1 Å². The molecule has 29 heavy (non-hydrogen) atoms. The lowest BCUT2D eigenvalue weighted by molar-refractivity contribution is -0.118. The lowest BCUT2D eigenvalue weighted by atomic mass is 9.87. The monoisotopic (exact) mass is 413 g/mol. The number of nitrogens with one attached hydrogen (secondary N) is 1. The normalized spacial score (nSPS) is 11.3. The molecular weight excluding hydrogens is 390 g/mol. The van der Waals surface area contributed by atoms with E-state index in [1.807, 2.05) is 24.3 Å². The molecule has 1 heterocycles. The number of halogens is 1. The van der Waals surface area contributed by atoms with E-state index in [9.17, 15) is 4.79 Å². The molecule has 0 aliphatic carbocycles. The third kappa shape index (κ3) is 5.40. The molecule has 2 N–H and O–H groups in total. The summed E-state index contributed by atoms with van der Waals surface area (Å²) in [5, 5.41) is 12.4. The third-order valence-corrected chi connectivity index (χ3v) is 4.75. The van der Waals surface area contributed by atoms with Crippen LogP contribution in [0.15, 0.2) is 59.0 Å². The van der Waals surface area contributed by atoms with Crippen molar-refractivity contribution >= 4 is 23.2 Å². The van der Waals surface area contributed by atoms with Crippen molar-refractivity contribution in [3.05, 3.63) is 70.9 Å². The first-order valence-corrected chi connectivity index (χ1v) is 9.67. The first-order valence-electron chi connectivity index (χ1n) is 9.29. The van der Waals surface area contributed by atoms with Gasteiger partial charge in [0.25, 0.3) is 5.91 Å². The maximum absolute atomic E-state index is 12.3. The maximum Gasteiger partial charge on any atom is 0.262 e. The number of amides is 1. The van der Waals surface area contributed by atoms with Crippen molar-refractivity contribution in [1.82, 2.24) is 0 Å². The zero-order valence-corrected chi connectivity index (χ0v) is 17.4. The van der Waals surface area contributed by atoms with E-state index in [1.54, 1.807) is 30.3 Å². The van der Waals surface area contributed by atoms with E-state index in [1.165, 1.54) is 5.56 Å². The number of hydrogen-bond donors (Lipinski definition) is 2. The Balaban J connectivity index is 1.63. The molecule has 5 nitrogen and oxygen atoms in total. The molecule has 152 valence electrons. The van der Waals surface area contributed by atoms with Crippen LogP contribution in [0.2, 0.25) is 5.02 Å². The Bertz CT molecular complexity index is 987. The van der Waals surface area contributed by atoms with Gasteiger partial charge in [-0.3, -0.25) is 4.79 Å². The minimum absolute atomic E-state index is 0.0636. The smallest absolute Gasteiger partial charge is 0.262 e. The first kappa shape index (κ1) is 21.0. The number of carbonyl (C=O) groups is 1. The van der Waals surface area contributed by atoms with Crippen LogP contribution < -0.4 is 10.1 Å². The molecule has 0 bridgehead atoms. The molecular formula is C23H24ClNO4. The Morgan fingerprint density at radius 1 is 1.10 bits per heavy atom. The summed E-state index contributed by atoms with van der Waals surface area (Å²) < 4.78 is 11.1. The van der Waals surface area contributed by atoms with Gasteiger partial charge in [-0.25, -0.2) is 0 Å². The van der Waals surface area contributed by atoms with E-state index in [4.69, 9.17) is 25.9 Å². The van der Waals surface area contributed by atoms with Crippen LogP contribution >= 0.6 is 11.6 Å². The quantitative estimate of drug-likeness (QED) is 0.567. The van der Waals surface area contributed by atoms with Crippen molar-refractivity contribution in [3.63, 3.8) is 0 Å². The van der Waals surface area contributed by atoms with E-state index in [2.05, 4.69) is 26.1 Å². The minimum Gasteiger partial charge on any atom is -0.484 e. The standard InChI is InChI=1S/C23H24ClNO4/c1-23(2,3)15-4-7-17(8-5-15)28-14-22(27)25-16-6-10-20(24)19(12-16)21-11-9-18(13-26)29-21/h4-12,26H,13-14H2,1-3H3,(H,25,27). The van der Waals surface area contributed by atoms with E-state index in [-0.39, 0.29) is 24.5 Å². The van der Waals surface area contributed by atoms with Crippen LogP contribution in [-0.4, -0.2) is 17.6 Å². The number of carbonyl (C=O) groups excluding carboxylic acids is 1. The van der Waals surface area contributed by atoms with Gasteiger partial charge in [-0.2, -0.15) is 0 Å². The number of rotatable bonds is 6. The molecule has 0 spiro atoms. The molecule has 3 aromatic rings. The first-order chi connectivity index (χ1) is 13.8. The Kier molecular flexibility index (Phi) is 6.30. The van der Waals surface area contributed by atoms with Gasteiger partial charge in [0, 0.05) is 11.3 Å². The maximum atomic E-state index is 12.3. The highest BCUT2D eigenvalue weighted by molar-refractivity contribution is 6.33. The van der Waals surface area contributed by atoms with Gasteiger partial charge in [-0.1, -0.05) is 44.5 Å². The van der Waals surface area contributed by atoms with Crippen LogP contribution in [0, 0.1) is 0 Å². The summed E-state index contributed by atoms with van der Waals surface area (Å²) in [6.45, 7) is 6.13. The number of furan rings is 1. The van der Waals surface area contributed by atoms with Crippen molar-refractivity contribution in [2.24, 2.45) is 0 Å². The zero-order chi connectivity index (χ0) is 21.0. The SMILES string of the molecule is CC(C)(C)c1ccc(OCC(=O)Nc2ccc(Cl)c(-c3ccc(CO)o3)c2)cc1. The van der Waals surface area contributed by atoms with E-state index < -0.39 is 0 Å². The van der Waals surface area contributed by atoms with Gasteiger partial charge >= 0.3 is 0 Å². The van der Waals surface area contributed by atoms with Gasteiger partial charge in [0.05, 0.1) is 5.02 Å². The number of aliphatic hydroxyl groups is 1. The predicted molar refractivity (Wildman–Crippen MR) is 114 cm³/mol.